The molecule has 0 aliphatic rings. The molecule has 98 valence electrons. The number of urea groups is 1. The minimum Gasteiger partial charge on any atom is -0.508 e. The van der Waals surface area contributed by atoms with Crippen LogP contribution in [0.15, 0.2) is 48.5 Å². The summed E-state index contributed by atoms with van der Waals surface area (Å²) in [5, 5.41) is 15.4. The van der Waals surface area contributed by atoms with Crippen LogP contribution in [0.5, 0.6) is 5.75 Å². The minimum absolute atomic E-state index is 0.158. The molecule has 0 spiro atoms. The zero-order chi connectivity index (χ0) is 13.7. The summed E-state index contributed by atoms with van der Waals surface area (Å²) in [7, 11) is 0. The second-order valence-electron chi connectivity index (χ2n) is 3.95. The average molecular weight is 277 g/mol. The van der Waals surface area contributed by atoms with Crippen molar-refractivity contribution < 1.29 is 9.90 Å². The number of para-hydroxylation sites is 1. The first-order valence-corrected chi connectivity index (χ1v) is 6.10. The van der Waals surface area contributed by atoms with Crippen LogP contribution in [-0.2, 0) is 6.54 Å². The Hall–Kier alpha value is -2.20. The minimum atomic E-state index is -0.356. The monoisotopic (exact) mass is 276 g/mol. The Morgan fingerprint density at radius 3 is 2.68 bits per heavy atom. The third kappa shape index (κ3) is 3.89. The smallest absolute Gasteiger partial charge is 0.319 e. The lowest BCUT2D eigenvalue weighted by atomic mass is 10.2. The van der Waals surface area contributed by atoms with Crippen molar-refractivity contribution in [3.63, 3.8) is 0 Å². The van der Waals surface area contributed by atoms with Gasteiger partial charge in [-0.2, -0.15) is 0 Å². The zero-order valence-corrected chi connectivity index (χ0v) is 10.8. The van der Waals surface area contributed by atoms with Gasteiger partial charge in [0.2, 0.25) is 0 Å². The molecule has 0 radical (unpaired) electrons. The van der Waals surface area contributed by atoms with Gasteiger partial charge in [-0.15, -0.1) is 0 Å². The van der Waals surface area contributed by atoms with E-state index < -0.39 is 0 Å². The van der Waals surface area contributed by atoms with Crippen LogP contribution in [0.3, 0.4) is 0 Å². The van der Waals surface area contributed by atoms with E-state index in [-0.39, 0.29) is 18.3 Å². The molecular formula is C14H13ClN2O2. The van der Waals surface area contributed by atoms with Gasteiger partial charge in [0.05, 0.1) is 0 Å². The zero-order valence-electron chi connectivity index (χ0n) is 10.1. The number of phenolic OH excluding ortho intramolecular Hbond substituents is 1. The number of aromatic hydroxyl groups is 1. The maximum absolute atomic E-state index is 11.7. The molecule has 4 nitrogen and oxygen atoms in total. The van der Waals surface area contributed by atoms with Crippen LogP contribution in [0.2, 0.25) is 5.02 Å². The molecule has 0 aliphatic carbocycles. The summed E-state index contributed by atoms with van der Waals surface area (Å²) in [5.41, 5.74) is 1.27. The van der Waals surface area contributed by atoms with Crippen molar-refractivity contribution in [2.75, 3.05) is 5.32 Å². The van der Waals surface area contributed by atoms with E-state index >= 15 is 0 Å². The standard InChI is InChI=1S/C14H13ClN2O2/c15-11-5-3-6-12(8-11)17-14(19)16-9-10-4-1-2-7-13(10)18/h1-8,18H,9H2,(H2,16,17,19). The first-order valence-electron chi connectivity index (χ1n) is 5.72. The number of carbonyl (C=O) groups is 1. The van der Waals surface area contributed by atoms with Crippen molar-refractivity contribution in [1.29, 1.82) is 0 Å². The van der Waals surface area contributed by atoms with Gasteiger partial charge in [-0.1, -0.05) is 35.9 Å². The summed E-state index contributed by atoms with van der Waals surface area (Å²) in [5.74, 6) is 0.158. The lowest BCUT2D eigenvalue weighted by Gasteiger charge is -2.08. The summed E-state index contributed by atoms with van der Waals surface area (Å²) in [6.07, 6.45) is 0. The van der Waals surface area contributed by atoms with Crippen LogP contribution in [-0.4, -0.2) is 11.1 Å². The van der Waals surface area contributed by atoms with Gasteiger partial charge >= 0.3 is 6.03 Å². The molecule has 2 aromatic carbocycles. The number of phenols is 1. The van der Waals surface area contributed by atoms with Crippen molar-refractivity contribution in [1.82, 2.24) is 5.32 Å². The van der Waals surface area contributed by atoms with E-state index in [1.165, 1.54) is 0 Å². The third-order valence-electron chi connectivity index (χ3n) is 2.51. The summed E-state index contributed by atoms with van der Waals surface area (Å²) in [6.45, 7) is 0.249. The fraction of sp³-hybridized carbons (Fsp3) is 0.0714. The van der Waals surface area contributed by atoms with Gasteiger partial charge in [-0.3, -0.25) is 0 Å². The van der Waals surface area contributed by atoms with Crippen molar-refractivity contribution in [2.24, 2.45) is 0 Å². The predicted octanol–water partition coefficient (Wildman–Crippen LogP) is 3.37. The molecular weight excluding hydrogens is 264 g/mol. The number of carbonyl (C=O) groups excluding carboxylic acids is 1. The van der Waals surface area contributed by atoms with Crippen LogP contribution in [0, 0.1) is 0 Å². The molecule has 0 fully saturated rings. The molecule has 0 atom stereocenters. The average Bonchev–Trinajstić information content (AvgIpc) is 2.38. The number of nitrogens with one attached hydrogen (secondary N) is 2. The number of halogens is 1. The highest BCUT2D eigenvalue weighted by Gasteiger charge is 2.04. The SMILES string of the molecule is O=C(NCc1ccccc1O)Nc1cccc(Cl)c1. The summed E-state index contributed by atoms with van der Waals surface area (Å²) in [4.78, 5) is 11.7. The van der Waals surface area contributed by atoms with Gasteiger partial charge in [0.25, 0.3) is 0 Å². The largest absolute Gasteiger partial charge is 0.508 e. The number of amides is 2. The molecule has 0 bridgehead atoms. The molecule has 2 rings (SSSR count). The Kier molecular flexibility index (Phi) is 4.26. The quantitative estimate of drug-likeness (QED) is 0.805. The van der Waals surface area contributed by atoms with E-state index in [2.05, 4.69) is 10.6 Å². The third-order valence-corrected chi connectivity index (χ3v) is 2.75. The van der Waals surface area contributed by atoms with Gasteiger partial charge in [-0.25, -0.2) is 4.79 Å². The molecule has 0 unspecified atom stereocenters. The molecule has 2 aromatic rings. The van der Waals surface area contributed by atoms with E-state index in [1.54, 1.807) is 48.5 Å². The van der Waals surface area contributed by atoms with Crippen molar-refractivity contribution in [2.45, 2.75) is 6.54 Å². The van der Waals surface area contributed by atoms with E-state index in [4.69, 9.17) is 11.6 Å². The topological polar surface area (TPSA) is 61.4 Å². The second kappa shape index (κ2) is 6.11. The van der Waals surface area contributed by atoms with Crippen LogP contribution in [0.1, 0.15) is 5.56 Å². The maximum atomic E-state index is 11.7. The van der Waals surface area contributed by atoms with E-state index in [0.29, 0.717) is 16.3 Å². The first kappa shape index (κ1) is 13.2. The molecule has 0 saturated heterocycles. The van der Waals surface area contributed by atoms with Crippen LogP contribution in [0.4, 0.5) is 10.5 Å². The molecule has 0 heterocycles. The van der Waals surface area contributed by atoms with Gasteiger partial charge < -0.3 is 15.7 Å². The summed E-state index contributed by atoms with van der Waals surface area (Å²) < 4.78 is 0. The first-order chi connectivity index (χ1) is 9.15. The Labute approximate surface area is 116 Å². The fourth-order valence-corrected chi connectivity index (χ4v) is 1.77. The Morgan fingerprint density at radius 1 is 1.16 bits per heavy atom. The fourth-order valence-electron chi connectivity index (χ4n) is 1.58. The number of rotatable bonds is 3. The number of hydrogen-bond acceptors (Lipinski definition) is 2. The van der Waals surface area contributed by atoms with Gasteiger partial charge in [-0.05, 0) is 24.3 Å². The van der Waals surface area contributed by atoms with E-state index in [1.807, 2.05) is 0 Å². The molecule has 0 aromatic heterocycles. The molecule has 19 heavy (non-hydrogen) atoms. The highest BCUT2D eigenvalue weighted by Crippen LogP contribution is 2.16. The lowest BCUT2D eigenvalue weighted by molar-refractivity contribution is 0.251. The van der Waals surface area contributed by atoms with E-state index in [9.17, 15) is 9.90 Å². The molecule has 2 amide bonds. The van der Waals surface area contributed by atoms with E-state index in [0.717, 1.165) is 0 Å². The molecule has 5 heteroatoms. The molecule has 0 aliphatic heterocycles. The van der Waals surface area contributed by atoms with Gasteiger partial charge in [0.1, 0.15) is 5.75 Å². The summed E-state index contributed by atoms with van der Waals surface area (Å²) in [6, 6.07) is 13.4. The van der Waals surface area contributed by atoms with Gasteiger partial charge in [0.15, 0.2) is 0 Å². The van der Waals surface area contributed by atoms with Crippen LogP contribution >= 0.6 is 11.6 Å². The van der Waals surface area contributed by atoms with Crippen molar-refractivity contribution in [3.05, 3.63) is 59.1 Å². The Morgan fingerprint density at radius 2 is 1.95 bits per heavy atom. The molecule has 3 N–H and O–H groups in total. The highest BCUT2D eigenvalue weighted by atomic mass is 35.5. The molecule has 0 saturated carbocycles. The second-order valence-corrected chi connectivity index (χ2v) is 4.38. The Bertz CT molecular complexity index is 587. The Balaban J connectivity index is 1.90. The van der Waals surface area contributed by atoms with Gasteiger partial charge in [0, 0.05) is 22.8 Å². The van der Waals surface area contributed by atoms with Crippen molar-refractivity contribution >= 4 is 23.3 Å². The number of anilines is 1. The highest BCUT2D eigenvalue weighted by molar-refractivity contribution is 6.30. The predicted molar refractivity (Wildman–Crippen MR) is 75.4 cm³/mol. The van der Waals surface area contributed by atoms with Crippen LogP contribution in [0.25, 0.3) is 0 Å². The summed E-state index contributed by atoms with van der Waals surface area (Å²) >= 11 is 5.82. The maximum Gasteiger partial charge on any atom is 0.319 e. The van der Waals surface area contributed by atoms with Crippen LogP contribution < -0.4 is 10.6 Å². The lowest BCUT2D eigenvalue weighted by Crippen LogP contribution is -2.28. The van der Waals surface area contributed by atoms with Crippen molar-refractivity contribution in [3.8, 4) is 5.75 Å². The normalized spacial score (nSPS) is 9.95. The number of benzene rings is 2. The number of hydrogen-bond donors (Lipinski definition) is 3.